The molecule has 0 bridgehead atoms. The third-order valence-electron chi connectivity index (χ3n) is 6.08. The maximum absolute atomic E-state index is 13.6. The number of nitrogens with zero attached hydrogens (tertiary/aromatic N) is 1. The molecular weight excluding hydrogens is 400 g/mol. The number of carbonyl (C=O) groups is 2. The number of amides is 1. The van der Waals surface area contributed by atoms with E-state index in [1.54, 1.807) is 6.20 Å². The van der Waals surface area contributed by atoms with E-state index in [1.165, 1.54) is 4.57 Å². The molecule has 2 aromatic carbocycles. The van der Waals surface area contributed by atoms with E-state index < -0.39 is 11.5 Å². The highest BCUT2D eigenvalue weighted by molar-refractivity contribution is 6.09. The molecule has 1 aromatic heterocycles. The highest BCUT2D eigenvalue weighted by Gasteiger charge is 2.36. The maximum Gasteiger partial charge on any atom is 0.268 e. The molecule has 0 aliphatic heterocycles. The first-order chi connectivity index (χ1) is 15.1. The Morgan fingerprint density at radius 2 is 1.59 bits per heavy atom. The lowest BCUT2D eigenvalue weighted by Gasteiger charge is -2.31. The molecule has 1 N–H and O–H groups in total. The van der Waals surface area contributed by atoms with E-state index in [-0.39, 0.29) is 16.8 Å². The van der Waals surface area contributed by atoms with E-state index in [4.69, 9.17) is 0 Å². The van der Waals surface area contributed by atoms with Gasteiger partial charge in [-0.3, -0.25) is 19.0 Å². The Balaban J connectivity index is 1.91. The lowest BCUT2D eigenvalue weighted by atomic mass is 9.73. The van der Waals surface area contributed by atoms with Crippen molar-refractivity contribution in [2.24, 2.45) is 5.41 Å². The normalized spacial score (nSPS) is 14.7. The predicted molar refractivity (Wildman–Crippen MR) is 127 cm³/mol. The average molecular weight is 429 g/mol. The van der Waals surface area contributed by atoms with E-state index >= 15 is 0 Å². The van der Waals surface area contributed by atoms with Crippen LogP contribution in [0.5, 0.6) is 0 Å². The Hall–Kier alpha value is -3.47. The van der Waals surface area contributed by atoms with Crippen LogP contribution in [0.4, 0.5) is 5.69 Å². The van der Waals surface area contributed by atoms with E-state index in [2.05, 4.69) is 5.32 Å². The number of hydrogen-bond donors (Lipinski definition) is 1. The summed E-state index contributed by atoms with van der Waals surface area (Å²) in [6.45, 7) is 9.85. The zero-order chi connectivity index (χ0) is 23.2. The molecule has 0 fully saturated rings. The Morgan fingerprint density at radius 1 is 0.938 bits per heavy atom. The van der Waals surface area contributed by atoms with Gasteiger partial charge >= 0.3 is 0 Å². The van der Waals surface area contributed by atoms with Gasteiger partial charge in [-0.1, -0.05) is 49.2 Å². The number of aromatic nitrogens is 1. The molecule has 0 unspecified atom stereocenters. The smallest absolute Gasteiger partial charge is 0.268 e. The molecule has 0 radical (unpaired) electrons. The van der Waals surface area contributed by atoms with Gasteiger partial charge in [-0.25, -0.2) is 0 Å². The monoisotopic (exact) mass is 428 g/mol. The number of ketones is 1. The molecule has 1 amide bonds. The summed E-state index contributed by atoms with van der Waals surface area (Å²) in [6.07, 6.45) is 2.48. The van der Waals surface area contributed by atoms with Gasteiger partial charge in [-0.05, 0) is 61.9 Å². The SMILES string of the molecule is Cc1ccc(-n2cc3c(c(C(=O)Nc4ccc(C)cc4C)c2=O)CC(C)(C)CC3=O)cc1. The standard InChI is InChI=1S/C27H28N2O3/c1-16-6-9-19(10-7-16)29-15-21-20(13-27(4,5)14-23(21)30)24(26(29)32)25(31)28-22-11-8-17(2)12-18(22)3/h6-12,15H,13-14H2,1-5H3,(H,28,31). The van der Waals surface area contributed by atoms with Crippen molar-refractivity contribution in [1.29, 1.82) is 0 Å². The van der Waals surface area contributed by atoms with Crippen LogP contribution < -0.4 is 10.9 Å². The van der Waals surface area contributed by atoms with Crippen molar-refractivity contribution in [3.8, 4) is 5.69 Å². The first kappa shape index (κ1) is 21.8. The fourth-order valence-electron chi connectivity index (χ4n) is 4.41. The topological polar surface area (TPSA) is 68.2 Å². The number of carbonyl (C=O) groups excluding carboxylic acids is 2. The van der Waals surface area contributed by atoms with Crippen molar-refractivity contribution >= 4 is 17.4 Å². The number of rotatable bonds is 3. The summed E-state index contributed by atoms with van der Waals surface area (Å²) in [7, 11) is 0. The Bertz CT molecular complexity index is 1300. The van der Waals surface area contributed by atoms with Crippen LogP contribution in [0.1, 0.15) is 63.2 Å². The molecule has 0 saturated heterocycles. The van der Waals surface area contributed by atoms with E-state index in [0.717, 1.165) is 16.7 Å². The van der Waals surface area contributed by atoms with Crippen molar-refractivity contribution in [3.05, 3.63) is 92.4 Å². The number of fused-ring (bicyclic) bond motifs is 1. The van der Waals surface area contributed by atoms with Crippen LogP contribution in [-0.2, 0) is 6.42 Å². The van der Waals surface area contributed by atoms with Crippen LogP contribution >= 0.6 is 0 Å². The number of anilines is 1. The summed E-state index contributed by atoms with van der Waals surface area (Å²) < 4.78 is 1.42. The summed E-state index contributed by atoms with van der Waals surface area (Å²) in [5.41, 5.74) is 4.65. The van der Waals surface area contributed by atoms with Gasteiger partial charge in [0.25, 0.3) is 11.5 Å². The van der Waals surface area contributed by atoms with Gasteiger partial charge in [0.2, 0.25) is 0 Å². The van der Waals surface area contributed by atoms with Crippen LogP contribution in [0.2, 0.25) is 0 Å². The Morgan fingerprint density at radius 3 is 2.25 bits per heavy atom. The third kappa shape index (κ3) is 4.03. The first-order valence-corrected chi connectivity index (χ1v) is 10.8. The zero-order valence-electron chi connectivity index (χ0n) is 19.2. The summed E-state index contributed by atoms with van der Waals surface area (Å²) in [5.74, 6) is -0.525. The molecule has 1 heterocycles. The van der Waals surface area contributed by atoms with E-state index in [9.17, 15) is 14.4 Å². The molecule has 4 rings (SSSR count). The molecule has 164 valence electrons. The highest BCUT2D eigenvalue weighted by atomic mass is 16.2. The molecule has 0 saturated carbocycles. The van der Waals surface area contributed by atoms with E-state index in [0.29, 0.717) is 35.3 Å². The number of pyridine rings is 1. The van der Waals surface area contributed by atoms with Gasteiger partial charge in [0.1, 0.15) is 5.56 Å². The van der Waals surface area contributed by atoms with Crippen molar-refractivity contribution in [2.75, 3.05) is 5.32 Å². The fraction of sp³-hybridized carbons (Fsp3) is 0.296. The second-order valence-electron chi connectivity index (χ2n) is 9.62. The number of Topliss-reactive ketones (excluding diaryl/α,β-unsaturated/α-hetero) is 1. The molecule has 0 spiro atoms. The molecule has 0 atom stereocenters. The Labute approximate surface area is 188 Å². The molecule has 5 nitrogen and oxygen atoms in total. The minimum absolute atomic E-state index is 0.0438. The van der Waals surface area contributed by atoms with Gasteiger partial charge in [-0.15, -0.1) is 0 Å². The first-order valence-electron chi connectivity index (χ1n) is 10.8. The fourth-order valence-corrected chi connectivity index (χ4v) is 4.41. The third-order valence-corrected chi connectivity index (χ3v) is 6.08. The van der Waals surface area contributed by atoms with Crippen LogP contribution in [0.3, 0.4) is 0 Å². The van der Waals surface area contributed by atoms with Crippen molar-refractivity contribution in [3.63, 3.8) is 0 Å². The number of hydrogen-bond acceptors (Lipinski definition) is 3. The minimum Gasteiger partial charge on any atom is -0.322 e. The molecule has 5 heteroatoms. The number of aryl methyl sites for hydroxylation is 3. The predicted octanol–water partition coefficient (Wildman–Crippen LogP) is 5.17. The molecule has 3 aromatic rings. The largest absolute Gasteiger partial charge is 0.322 e. The quantitative estimate of drug-likeness (QED) is 0.626. The molecule has 1 aliphatic carbocycles. The molecule has 1 aliphatic rings. The second-order valence-corrected chi connectivity index (χ2v) is 9.62. The summed E-state index contributed by atoms with van der Waals surface area (Å²) in [6, 6.07) is 13.2. The number of nitrogens with one attached hydrogen (secondary N) is 1. The molecular formula is C27H28N2O3. The summed E-state index contributed by atoms with van der Waals surface area (Å²) >= 11 is 0. The van der Waals surface area contributed by atoms with Crippen LogP contribution in [0, 0.1) is 26.2 Å². The lowest BCUT2D eigenvalue weighted by Crippen LogP contribution is -2.37. The van der Waals surface area contributed by atoms with Crippen LogP contribution in [0.15, 0.2) is 53.5 Å². The van der Waals surface area contributed by atoms with Gasteiger partial charge in [0.15, 0.2) is 5.78 Å². The highest BCUT2D eigenvalue weighted by Crippen LogP contribution is 2.36. The van der Waals surface area contributed by atoms with Crippen molar-refractivity contribution in [1.82, 2.24) is 4.57 Å². The van der Waals surface area contributed by atoms with Gasteiger partial charge < -0.3 is 5.32 Å². The van der Waals surface area contributed by atoms with Gasteiger partial charge in [-0.2, -0.15) is 0 Å². The molecule has 32 heavy (non-hydrogen) atoms. The second kappa shape index (κ2) is 7.90. The minimum atomic E-state index is -0.481. The van der Waals surface area contributed by atoms with Gasteiger partial charge in [0.05, 0.1) is 0 Å². The van der Waals surface area contributed by atoms with Gasteiger partial charge in [0, 0.05) is 29.6 Å². The Kier molecular flexibility index (Phi) is 5.37. The summed E-state index contributed by atoms with van der Waals surface area (Å²) in [5, 5.41) is 2.91. The lowest BCUT2D eigenvalue weighted by molar-refractivity contribution is 0.0910. The van der Waals surface area contributed by atoms with Crippen molar-refractivity contribution < 1.29 is 9.59 Å². The average Bonchev–Trinajstić information content (AvgIpc) is 2.70. The zero-order valence-corrected chi connectivity index (χ0v) is 19.2. The maximum atomic E-state index is 13.6. The van der Waals surface area contributed by atoms with Crippen molar-refractivity contribution in [2.45, 2.75) is 47.5 Å². The van der Waals surface area contributed by atoms with E-state index in [1.807, 2.05) is 77.1 Å². The van der Waals surface area contributed by atoms with Crippen LogP contribution in [0.25, 0.3) is 5.69 Å². The number of benzene rings is 2. The summed E-state index contributed by atoms with van der Waals surface area (Å²) in [4.78, 5) is 40.1. The van der Waals surface area contributed by atoms with Crippen LogP contribution in [-0.4, -0.2) is 16.3 Å².